The molecule has 0 saturated heterocycles. The number of hydrogen-bond donors (Lipinski definition) is 2. The van der Waals surface area contributed by atoms with Gasteiger partial charge in [0.25, 0.3) is 0 Å². The Hall–Kier alpha value is -3.34. The normalized spacial score (nSPS) is 11.1. The van der Waals surface area contributed by atoms with Gasteiger partial charge in [-0.05, 0) is 26.0 Å². The molecular formula is C20H19N5. The topological polar surface area (TPSA) is 82.8 Å². The Labute approximate surface area is 145 Å². The van der Waals surface area contributed by atoms with Gasteiger partial charge in [-0.1, -0.05) is 47.5 Å². The monoisotopic (exact) mass is 329 g/mol. The number of nitrogen functional groups attached to an aromatic ring is 2. The standard InChI is InChI=1S/C20H19N5/c1-12-3-7-14(8-4-12)18-16-11-25(15-9-5-13(2)6-10-15)20(22)17(16)19(21)24-23-18/h3-11H,22H2,1-2H3,(H2,21,24). The predicted octanol–water partition coefficient (Wildman–Crippen LogP) is 3.87. The minimum absolute atomic E-state index is 0.342. The van der Waals surface area contributed by atoms with Crippen molar-refractivity contribution >= 4 is 22.4 Å². The first-order valence-corrected chi connectivity index (χ1v) is 8.11. The Morgan fingerprint density at radius 3 is 2.04 bits per heavy atom. The van der Waals surface area contributed by atoms with Crippen LogP contribution in [0.3, 0.4) is 0 Å². The molecule has 0 spiro atoms. The summed E-state index contributed by atoms with van der Waals surface area (Å²) < 4.78 is 1.93. The molecule has 5 heteroatoms. The molecule has 5 nitrogen and oxygen atoms in total. The SMILES string of the molecule is Cc1ccc(-c2nnc(N)c3c(N)n(-c4ccc(C)cc4)cc23)cc1. The molecule has 4 rings (SSSR count). The molecule has 0 unspecified atom stereocenters. The summed E-state index contributed by atoms with van der Waals surface area (Å²) in [5.41, 5.74) is 17.6. The molecular weight excluding hydrogens is 310 g/mol. The lowest BCUT2D eigenvalue weighted by molar-refractivity contribution is 1.07. The van der Waals surface area contributed by atoms with Crippen LogP contribution in [0.15, 0.2) is 54.7 Å². The molecule has 0 fully saturated rings. The first kappa shape index (κ1) is 15.2. The summed E-state index contributed by atoms with van der Waals surface area (Å²) in [6.07, 6.45) is 1.98. The van der Waals surface area contributed by atoms with Crippen molar-refractivity contribution < 1.29 is 0 Å². The van der Waals surface area contributed by atoms with E-state index in [-0.39, 0.29) is 0 Å². The summed E-state index contributed by atoms with van der Waals surface area (Å²) in [6.45, 7) is 4.11. The predicted molar refractivity (Wildman–Crippen MR) is 103 cm³/mol. The zero-order valence-electron chi connectivity index (χ0n) is 14.2. The molecule has 0 radical (unpaired) electrons. The third kappa shape index (κ3) is 2.50. The zero-order valence-corrected chi connectivity index (χ0v) is 14.2. The van der Waals surface area contributed by atoms with E-state index in [0.29, 0.717) is 11.6 Å². The highest BCUT2D eigenvalue weighted by Crippen LogP contribution is 2.35. The first-order chi connectivity index (χ1) is 12.0. The Morgan fingerprint density at radius 2 is 1.40 bits per heavy atom. The van der Waals surface area contributed by atoms with E-state index >= 15 is 0 Å². The van der Waals surface area contributed by atoms with E-state index in [2.05, 4.69) is 48.3 Å². The molecule has 0 amide bonds. The summed E-state index contributed by atoms with van der Waals surface area (Å²) in [4.78, 5) is 0. The van der Waals surface area contributed by atoms with Crippen LogP contribution in [0.1, 0.15) is 11.1 Å². The van der Waals surface area contributed by atoms with Gasteiger partial charge in [-0.3, -0.25) is 0 Å². The lowest BCUT2D eigenvalue weighted by atomic mass is 10.1. The van der Waals surface area contributed by atoms with Gasteiger partial charge in [0.05, 0.1) is 5.39 Å². The fraction of sp³-hybridized carbons (Fsp3) is 0.100. The van der Waals surface area contributed by atoms with Crippen LogP contribution in [0.2, 0.25) is 0 Å². The summed E-state index contributed by atoms with van der Waals surface area (Å²) >= 11 is 0. The van der Waals surface area contributed by atoms with Gasteiger partial charge in [-0.25, -0.2) is 0 Å². The molecule has 0 saturated carbocycles. The number of rotatable bonds is 2. The van der Waals surface area contributed by atoms with Gasteiger partial charge in [0.2, 0.25) is 0 Å². The average molecular weight is 329 g/mol. The molecule has 4 N–H and O–H groups in total. The number of anilines is 2. The van der Waals surface area contributed by atoms with Crippen molar-refractivity contribution in [1.29, 1.82) is 0 Å². The van der Waals surface area contributed by atoms with Gasteiger partial charge >= 0.3 is 0 Å². The van der Waals surface area contributed by atoms with Gasteiger partial charge in [0.1, 0.15) is 11.5 Å². The number of fused-ring (bicyclic) bond motifs is 1. The van der Waals surface area contributed by atoms with Crippen LogP contribution in [0.5, 0.6) is 0 Å². The fourth-order valence-electron chi connectivity index (χ4n) is 3.02. The van der Waals surface area contributed by atoms with E-state index in [0.717, 1.165) is 27.7 Å². The molecule has 0 aliphatic rings. The second kappa shape index (κ2) is 5.63. The van der Waals surface area contributed by atoms with Crippen LogP contribution in [0.4, 0.5) is 11.6 Å². The van der Waals surface area contributed by atoms with E-state index in [1.165, 1.54) is 11.1 Å². The molecule has 25 heavy (non-hydrogen) atoms. The highest BCUT2D eigenvalue weighted by Gasteiger charge is 2.17. The second-order valence-corrected chi connectivity index (χ2v) is 6.31. The number of nitrogens with two attached hydrogens (primary N) is 2. The molecule has 2 aromatic carbocycles. The lowest BCUT2D eigenvalue weighted by Crippen LogP contribution is -2.00. The van der Waals surface area contributed by atoms with Crippen LogP contribution in [0, 0.1) is 13.8 Å². The number of aromatic nitrogens is 3. The third-order valence-corrected chi connectivity index (χ3v) is 4.45. The number of aryl methyl sites for hydroxylation is 2. The van der Waals surface area contributed by atoms with Crippen molar-refractivity contribution in [1.82, 2.24) is 14.8 Å². The van der Waals surface area contributed by atoms with Crippen LogP contribution in [-0.2, 0) is 0 Å². The highest BCUT2D eigenvalue weighted by atomic mass is 15.2. The zero-order chi connectivity index (χ0) is 17.6. The van der Waals surface area contributed by atoms with Crippen molar-refractivity contribution in [2.45, 2.75) is 13.8 Å². The van der Waals surface area contributed by atoms with E-state index in [1.807, 2.05) is 35.0 Å². The van der Waals surface area contributed by atoms with Crippen LogP contribution in [0.25, 0.3) is 27.7 Å². The average Bonchev–Trinajstić information content (AvgIpc) is 2.95. The summed E-state index contributed by atoms with van der Waals surface area (Å²) in [7, 11) is 0. The molecule has 2 aromatic heterocycles. The number of benzene rings is 2. The van der Waals surface area contributed by atoms with E-state index in [1.54, 1.807) is 0 Å². The van der Waals surface area contributed by atoms with Gasteiger partial charge in [0.15, 0.2) is 5.82 Å². The highest BCUT2D eigenvalue weighted by molar-refractivity contribution is 6.06. The maximum absolute atomic E-state index is 6.40. The number of nitrogens with zero attached hydrogens (tertiary/aromatic N) is 3. The molecule has 4 aromatic rings. The number of hydrogen-bond acceptors (Lipinski definition) is 4. The van der Waals surface area contributed by atoms with Crippen LogP contribution < -0.4 is 11.5 Å². The summed E-state index contributed by atoms with van der Waals surface area (Å²) in [5, 5.41) is 10.1. The minimum Gasteiger partial charge on any atom is -0.384 e. The Morgan fingerprint density at radius 1 is 0.800 bits per heavy atom. The van der Waals surface area contributed by atoms with Crippen molar-refractivity contribution in [2.24, 2.45) is 0 Å². The van der Waals surface area contributed by atoms with Crippen molar-refractivity contribution in [3.63, 3.8) is 0 Å². The summed E-state index contributed by atoms with van der Waals surface area (Å²) in [6, 6.07) is 16.4. The van der Waals surface area contributed by atoms with Gasteiger partial charge in [-0.15, -0.1) is 10.2 Å². The van der Waals surface area contributed by atoms with E-state index in [9.17, 15) is 0 Å². The van der Waals surface area contributed by atoms with E-state index in [4.69, 9.17) is 11.5 Å². The maximum atomic E-state index is 6.40. The van der Waals surface area contributed by atoms with Crippen molar-refractivity contribution in [2.75, 3.05) is 11.5 Å². The minimum atomic E-state index is 0.342. The molecule has 2 heterocycles. The third-order valence-electron chi connectivity index (χ3n) is 4.45. The van der Waals surface area contributed by atoms with Gasteiger partial charge < -0.3 is 16.0 Å². The Balaban J connectivity index is 1.98. The summed E-state index contributed by atoms with van der Waals surface area (Å²) in [5.74, 6) is 0.911. The van der Waals surface area contributed by atoms with E-state index < -0.39 is 0 Å². The van der Waals surface area contributed by atoms with Crippen LogP contribution in [-0.4, -0.2) is 14.8 Å². The maximum Gasteiger partial charge on any atom is 0.157 e. The first-order valence-electron chi connectivity index (χ1n) is 8.11. The van der Waals surface area contributed by atoms with Crippen molar-refractivity contribution in [3.8, 4) is 16.9 Å². The van der Waals surface area contributed by atoms with Gasteiger partial charge in [0, 0.05) is 22.8 Å². The smallest absolute Gasteiger partial charge is 0.157 e. The van der Waals surface area contributed by atoms with Crippen molar-refractivity contribution in [3.05, 3.63) is 65.9 Å². The van der Waals surface area contributed by atoms with Crippen LogP contribution >= 0.6 is 0 Å². The fourth-order valence-corrected chi connectivity index (χ4v) is 3.02. The Kier molecular flexibility index (Phi) is 3.42. The van der Waals surface area contributed by atoms with Gasteiger partial charge in [-0.2, -0.15) is 0 Å². The molecule has 0 aliphatic carbocycles. The molecule has 0 aliphatic heterocycles. The second-order valence-electron chi connectivity index (χ2n) is 6.31. The molecule has 0 atom stereocenters. The quantitative estimate of drug-likeness (QED) is 0.585. The molecule has 0 bridgehead atoms. The lowest BCUT2D eigenvalue weighted by Gasteiger charge is -2.06. The Bertz CT molecular complexity index is 1060. The largest absolute Gasteiger partial charge is 0.384 e. The molecule has 124 valence electrons.